The minimum Gasteiger partial charge on any atom is -0.361 e. The maximum atomic E-state index is 10.5. The SMILES string of the molecule is NN=C(c1ccccn1)c1ccccn1.O=Cc1cccc2[nH]ccc12. The zero-order valence-corrected chi connectivity index (χ0v) is 13.9. The predicted octanol–water partition coefficient (Wildman–Crippen LogP) is 3.17. The van der Waals surface area contributed by atoms with Gasteiger partial charge in [0.1, 0.15) is 5.71 Å². The first-order valence-corrected chi connectivity index (χ1v) is 7.95. The zero-order chi connectivity index (χ0) is 18.2. The molecule has 1 aromatic carbocycles. The number of aromatic nitrogens is 3. The zero-order valence-electron chi connectivity index (χ0n) is 13.9. The van der Waals surface area contributed by atoms with Crippen LogP contribution in [0.3, 0.4) is 0 Å². The normalized spacial score (nSPS) is 9.85. The van der Waals surface area contributed by atoms with Crippen LogP contribution in [-0.4, -0.2) is 26.9 Å². The van der Waals surface area contributed by atoms with Gasteiger partial charge in [-0.1, -0.05) is 24.3 Å². The van der Waals surface area contributed by atoms with Gasteiger partial charge in [0.25, 0.3) is 0 Å². The van der Waals surface area contributed by atoms with Crippen molar-refractivity contribution in [2.24, 2.45) is 10.9 Å². The van der Waals surface area contributed by atoms with E-state index in [2.05, 4.69) is 20.1 Å². The maximum absolute atomic E-state index is 10.5. The number of carbonyl (C=O) groups excluding carboxylic acids is 1. The van der Waals surface area contributed by atoms with Crippen molar-refractivity contribution in [2.75, 3.05) is 0 Å². The number of rotatable bonds is 3. The Morgan fingerprint density at radius 2 is 1.62 bits per heavy atom. The molecule has 0 atom stereocenters. The Morgan fingerprint density at radius 3 is 2.15 bits per heavy atom. The van der Waals surface area contributed by atoms with Gasteiger partial charge in [0.2, 0.25) is 0 Å². The molecule has 0 saturated carbocycles. The van der Waals surface area contributed by atoms with Crippen LogP contribution in [0.5, 0.6) is 0 Å². The number of fused-ring (bicyclic) bond motifs is 1. The molecule has 0 saturated heterocycles. The number of pyridine rings is 2. The number of hydrogen-bond donors (Lipinski definition) is 2. The molecule has 6 heteroatoms. The summed E-state index contributed by atoms with van der Waals surface area (Å²) in [5.41, 5.74) is 3.78. The molecule has 0 aliphatic rings. The van der Waals surface area contributed by atoms with Crippen LogP contribution in [0.25, 0.3) is 10.9 Å². The fourth-order valence-electron chi connectivity index (χ4n) is 2.48. The minimum absolute atomic E-state index is 0.594. The monoisotopic (exact) mass is 343 g/mol. The molecule has 0 amide bonds. The van der Waals surface area contributed by atoms with Crippen molar-refractivity contribution in [3.63, 3.8) is 0 Å². The summed E-state index contributed by atoms with van der Waals surface area (Å²) < 4.78 is 0. The summed E-state index contributed by atoms with van der Waals surface area (Å²) in [6, 6.07) is 18.7. The number of aromatic amines is 1. The first-order valence-electron chi connectivity index (χ1n) is 7.95. The average molecular weight is 343 g/mol. The largest absolute Gasteiger partial charge is 0.361 e. The number of nitrogens with one attached hydrogen (secondary N) is 1. The Bertz CT molecular complexity index is 969. The number of carbonyl (C=O) groups is 1. The maximum Gasteiger partial charge on any atom is 0.150 e. The number of hydrazone groups is 1. The van der Waals surface area contributed by atoms with E-state index in [1.807, 2.05) is 66.9 Å². The van der Waals surface area contributed by atoms with Crippen molar-refractivity contribution in [3.8, 4) is 0 Å². The topological polar surface area (TPSA) is 97.0 Å². The van der Waals surface area contributed by atoms with E-state index in [4.69, 9.17) is 5.84 Å². The molecule has 4 aromatic rings. The number of hydrogen-bond acceptors (Lipinski definition) is 5. The lowest BCUT2D eigenvalue weighted by Gasteiger charge is -2.02. The second kappa shape index (κ2) is 8.34. The van der Waals surface area contributed by atoms with Crippen molar-refractivity contribution in [1.29, 1.82) is 0 Å². The molecule has 6 nitrogen and oxygen atoms in total. The molecule has 0 aliphatic heterocycles. The van der Waals surface area contributed by atoms with E-state index < -0.39 is 0 Å². The average Bonchev–Trinajstić information content (AvgIpc) is 3.20. The van der Waals surface area contributed by atoms with Crippen LogP contribution in [0.15, 0.2) is 84.4 Å². The second-order valence-corrected chi connectivity index (χ2v) is 5.31. The van der Waals surface area contributed by atoms with Crippen molar-refractivity contribution in [3.05, 3.63) is 96.2 Å². The van der Waals surface area contributed by atoms with E-state index in [1.54, 1.807) is 12.4 Å². The highest BCUT2D eigenvalue weighted by molar-refractivity contribution is 6.10. The molecule has 26 heavy (non-hydrogen) atoms. The summed E-state index contributed by atoms with van der Waals surface area (Å²) in [5.74, 6) is 5.34. The Balaban J connectivity index is 0.000000158. The number of nitrogens with two attached hydrogens (primary N) is 1. The van der Waals surface area contributed by atoms with Crippen LogP contribution in [0.2, 0.25) is 0 Å². The van der Waals surface area contributed by atoms with E-state index in [0.29, 0.717) is 5.71 Å². The summed E-state index contributed by atoms with van der Waals surface area (Å²) in [5, 5.41) is 4.71. The Kier molecular flexibility index (Phi) is 5.47. The summed E-state index contributed by atoms with van der Waals surface area (Å²) in [6.45, 7) is 0. The van der Waals surface area contributed by atoms with E-state index in [9.17, 15) is 4.79 Å². The molecule has 0 unspecified atom stereocenters. The molecule has 128 valence electrons. The summed E-state index contributed by atoms with van der Waals surface area (Å²) in [4.78, 5) is 21.9. The van der Waals surface area contributed by atoms with Crippen molar-refractivity contribution in [1.82, 2.24) is 15.0 Å². The van der Waals surface area contributed by atoms with Gasteiger partial charge < -0.3 is 10.8 Å². The Labute approximate surface area is 150 Å². The van der Waals surface area contributed by atoms with Crippen molar-refractivity contribution < 1.29 is 4.79 Å². The number of aldehydes is 1. The number of benzene rings is 1. The van der Waals surface area contributed by atoms with Gasteiger partial charge in [-0.15, -0.1) is 0 Å². The third-order valence-corrected chi connectivity index (χ3v) is 3.70. The molecule has 3 N–H and O–H groups in total. The lowest BCUT2D eigenvalue weighted by molar-refractivity contribution is 0.112. The van der Waals surface area contributed by atoms with Crippen LogP contribution in [0.1, 0.15) is 21.7 Å². The lowest BCUT2D eigenvalue weighted by Crippen LogP contribution is -2.09. The predicted molar refractivity (Wildman–Crippen MR) is 102 cm³/mol. The van der Waals surface area contributed by atoms with Gasteiger partial charge in [0.15, 0.2) is 6.29 Å². The van der Waals surface area contributed by atoms with Crippen molar-refractivity contribution >= 4 is 22.9 Å². The van der Waals surface area contributed by atoms with E-state index in [1.165, 1.54) is 0 Å². The van der Waals surface area contributed by atoms with Gasteiger partial charge >= 0.3 is 0 Å². The van der Waals surface area contributed by atoms with Gasteiger partial charge in [-0.2, -0.15) is 5.10 Å². The van der Waals surface area contributed by atoms with Crippen molar-refractivity contribution in [2.45, 2.75) is 0 Å². The second-order valence-electron chi connectivity index (χ2n) is 5.31. The molecular weight excluding hydrogens is 326 g/mol. The molecule has 4 rings (SSSR count). The van der Waals surface area contributed by atoms with Gasteiger partial charge in [-0.25, -0.2) is 0 Å². The third-order valence-electron chi connectivity index (χ3n) is 3.70. The van der Waals surface area contributed by atoms with E-state index in [0.717, 1.165) is 34.1 Å². The highest BCUT2D eigenvalue weighted by Gasteiger charge is 2.07. The number of nitrogens with zero attached hydrogens (tertiary/aromatic N) is 3. The van der Waals surface area contributed by atoms with Crippen LogP contribution >= 0.6 is 0 Å². The van der Waals surface area contributed by atoms with Gasteiger partial charge in [0.05, 0.1) is 11.4 Å². The van der Waals surface area contributed by atoms with Crippen LogP contribution in [0, 0.1) is 0 Å². The third kappa shape index (κ3) is 3.81. The fourth-order valence-corrected chi connectivity index (χ4v) is 2.48. The highest BCUT2D eigenvalue weighted by atomic mass is 16.1. The summed E-state index contributed by atoms with van der Waals surface area (Å²) in [6.07, 6.45) is 6.10. The number of H-pyrrole nitrogens is 1. The molecule has 0 bridgehead atoms. The molecule has 3 heterocycles. The van der Waals surface area contributed by atoms with Crippen LogP contribution in [0.4, 0.5) is 0 Å². The summed E-state index contributed by atoms with van der Waals surface area (Å²) >= 11 is 0. The Hall–Kier alpha value is -3.80. The smallest absolute Gasteiger partial charge is 0.150 e. The van der Waals surface area contributed by atoms with Gasteiger partial charge in [-0.3, -0.25) is 14.8 Å². The first-order chi connectivity index (χ1) is 12.8. The molecule has 0 spiro atoms. The fraction of sp³-hybridized carbons (Fsp3) is 0. The molecule has 0 radical (unpaired) electrons. The standard InChI is InChI=1S/C11H10N4.C9H7NO/c12-15-11(9-5-1-3-7-13-9)10-6-2-4-8-14-10;11-6-7-2-1-3-9-8(7)4-5-10-9/h1-8H,12H2;1-6,10H. The van der Waals surface area contributed by atoms with E-state index >= 15 is 0 Å². The molecule has 0 aliphatic carbocycles. The van der Waals surface area contributed by atoms with Crippen LogP contribution in [-0.2, 0) is 0 Å². The van der Waals surface area contributed by atoms with Crippen LogP contribution < -0.4 is 5.84 Å². The molecule has 0 fully saturated rings. The minimum atomic E-state index is 0.594. The quantitative estimate of drug-likeness (QED) is 0.258. The molecular formula is C20H17N5O. The Morgan fingerprint density at radius 1 is 0.923 bits per heavy atom. The molecule has 3 aromatic heterocycles. The lowest BCUT2D eigenvalue weighted by atomic mass is 10.1. The van der Waals surface area contributed by atoms with Gasteiger partial charge in [0, 0.05) is 35.1 Å². The highest BCUT2D eigenvalue weighted by Crippen LogP contribution is 2.14. The van der Waals surface area contributed by atoms with Gasteiger partial charge in [-0.05, 0) is 36.4 Å². The van der Waals surface area contributed by atoms with E-state index in [-0.39, 0.29) is 0 Å². The first kappa shape index (κ1) is 17.0. The summed E-state index contributed by atoms with van der Waals surface area (Å²) in [7, 11) is 0.